The normalized spacial score (nSPS) is 13.3. The maximum absolute atomic E-state index is 12.9. The number of ether oxygens (including phenoxy) is 1. The first kappa shape index (κ1) is 27.1. The minimum absolute atomic E-state index is 0.0904. The lowest BCUT2D eigenvalue weighted by molar-refractivity contribution is 0.0746. The highest BCUT2D eigenvalue weighted by molar-refractivity contribution is 7.80. The van der Waals surface area contributed by atoms with Crippen LogP contribution in [0.25, 0.3) is 0 Å². The van der Waals surface area contributed by atoms with Crippen LogP contribution in [0.3, 0.4) is 0 Å². The summed E-state index contributed by atoms with van der Waals surface area (Å²) >= 11 is 5.35. The van der Waals surface area contributed by atoms with E-state index < -0.39 is 0 Å². The number of thiocarbonyl (C=S) groups is 1. The molecular weight excluding hydrogens is 496 g/mol. The van der Waals surface area contributed by atoms with Crippen molar-refractivity contribution in [1.29, 1.82) is 0 Å². The third-order valence-electron chi connectivity index (χ3n) is 6.34. The van der Waals surface area contributed by atoms with Crippen molar-refractivity contribution in [2.24, 2.45) is 5.92 Å². The number of rotatable bonds is 7. The van der Waals surface area contributed by atoms with E-state index in [0.717, 1.165) is 35.6 Å². The van der Waals surface area contributed by atoms with Crippen LogP contribution in [-0.4, -0.2) is 54.6 Å². The summed E-state index contributed by atoms with van der Waals surface area (Å²) in [5.74, 6) is 0.842. The summed E-state index contributed by atoms with van der Waals surface area (Å²) in [6.07, 6.45) is 0. The maximum atomic E-state index is 12.9. The Bertz CT molecular complexity index is 1280. The molecule has 1 saturated heterocycles. The molecule has 0 saturated carbocycles. The highest BCUT2D eigenvalue weighted by Crippen LogP contribution is 2.21. The molecule has 3 aromatic carbocycles. The number of nitrogens with zero attached hydrogens (tertiary/aromatic N) is 2. The summed E-state index contributed by atoms with van der Waals surface area (Å²) in [7, 11) is 0. The molecule has 198 valence electrons. The molecular formula is C30H34N4O3S. The molecule has 1 aliphatic heterocycles. The molecule has 1 aliphatic rings. The zero-order valence-electron chi connectivity index (χ0n) is 22.1. The van der Waals surface area contributed by atoms with Gasteiger partial charge < -0.3 is 19.9 Å². The molecule has 3 aromatic rings. The van der Waals surface area contributed by atoms with Crippen LogP contribution in [0.4, 0.5) is 11.4 Å². The number of aryl methyl sites for hydroxylation is 1. The van der Waals surface area contributed by atoms with Crippen LogP contribution < -0.4 is 20.3 Å². The van der Waals surface area contributed by atoms with E-state index in [9.17, 15) is 9.59 Å². The summed E-state index contributed by atoms with van der Waals surface area (Å²) < 4.78 is 5.71. The van der Waals surface area contributed by atoms with Crippen molar-refractivity contribution in [3.63, 3.8) is 0 Å². The second kappa shape index (κ2) is 12.6. The molecule has 4 rings (SSSR count). The number of anilines is 2. The van der Waals surface area contributed by atoms with Gasteiger partial charge in [-0.3, -0.25) is 14.9 Å². The first-order valence-electron chi connectivity index (χ1n) is 12.9. The van der Waals surface area contributed by atoms with Crippen molar-refractivity contribution in [2.75, 3.05) is 43.0 Å². The molecule has 0 aliphatic carbocycles. The Morgan fingerprint density at radius 1 is 0.947 bits per heavy atom. The van der Waals surface area contributed by atoms with Crippen LogP contribution in [0.2, 0.25) is 0 Å². The van der Waals surface area contributed by atoms with E-state index in [1.54, 1.807) is 18.2 Å². The maximum Gasteiger partial charge on any atom is 0.257 e. The fraction of sp³-hybridized carbons (Fsp3) is 0.300. The van der Waals surface area contributed by atoms with Gasteiger partial charge in [-0.25, -0.2) is 0 Å². The van der Waals surface area contributed by atoms with E-state index in [1.165, 1.54) is 0 Å². The quantitative estimate of drug-likeness (QED) is 0.413. The van der Waals surface area contributed by atoms with Crippen molar-refractivity contribution in [3.8, 4) is 5.75 Å². The largest absolute Gasteiger partial charge is 0.493 e. The van der Waals surface area contributed by atoms with Crippen molar-refractivity contribution in [1.82, 2.24) is 10.2 Å². The fourth-order valence-electron chi connectivity index (χ4n) is 4.23. The van der Waals surface area contributed by atoms with Crippen LogP contribution in [0, 0.1) is 12.8 Å². The molecule has 0 spiro atoms. The zero-order chi connectivity index (χ0) is 27.1. The molecule has 2 amide bonds. The van der Waals surface area contributed by atoms with Crippen LogP contribution >= 0.6 is 12.2 Å². The number of carbonyl (C=O) groups excluding carboxylic acids is 2. The lowest BCUT2D eigenvalue weighted by atomic mass is 10.1. The number of carbonyl (C=O) groups is 2. The zero-order valence-corrected chi connectivity index (χ0v) is 22.9. The average Bonchev–Trinajstić information content (AvgIpc) is 2.92. The predicted octanol–water partition coefficient (Wildman–Crippen LogP) is 5.12. The molecule has 38 heavy (non-hydrogen) atoms. The Labute approximate surface area is 229 Å². The number of piperazine rings is 1. The van der Waals surface area contributed by atoms with Gasteiger partial charge in [0.15, 0.2) is 5.11 Å². The minimum Gasteiger partial charge on any atom is -0.493 e. The van der Waals surface area contributed by atoms with Crippen LogP contribution in [0.15, 0.2) is 72.8 Å². The lowest BCUT2D eigenvalue weighted by Crippen LogP contribution is -2.48. The van der Waals surface area contributed by atoms with Gasteiger partial charge in [0.25, 0.3) is 11.8 Å². The summed E-state index contributed by atoms with van der Waals surface area (Å²) in [4.78, 5) is 29.7. The number of nitrogens with one attached hydrogen (secondary N) is 2. The molecule has 0 radical (unpaired) electrons. The highest BCUT2D eigenvalue weighted by Gasteiger charge is 2.23. The van der Waals surface area contributed by atoms with Crippen LogP contribution in [-0.2, 0) is 0 Å². The molecule has 0 aromatic heterocycles. The van der Waals surface area contributed by atoms with E-state index in [2.05, 4.69) is 29.4 Å². The van der Waals surface area contributed by atoms with Gasteiger partial charge in [-0.15, -0.1) is 0 Å². The van der Waals surface area contributed by atoms with Gasteiger partial charge in [0, 0.05) is 48.7 Å². The SMILES string of the molecule is Cc1ccccc1C(=O)N1CCN(c2ccc(NC(=S)NC(=O)c3cccc(OCC(C)C)c3)cc2)CC1. The summed E-state index contributed by atoms with van der Waals surface area (Å²) in [5.41, 5.74) is 4.10. The van der Waals surface area contributed by atoms with Crippen molar-refractivity contribution in [3.05, 3.63) is 89.5 Å². The van der Waals surface area contributed by atoms with Crippen molar-refractivity contribution < 1.29 is 14.3 Å². The van der Waals surface area contributed by atoms with Gasteiger partial charge in [-0.05, 0) is 79.2 Å². The molecule has 1 fully saturated rings. The second-order valence-electron chi connectivity index (χ2n) is 9.78. The standard InChI is InChI=1S/C30H34N4O3S/c1-21(2)20-37-26-9-6-8-23(19-26)28(35)32-30(38)31-24-11-13-25(14-12-24)33-15-17-34(18-16-33)29(36)27-10-5-4-7-22(27)3/h4-14,19,21H,15-18,20H2,1-3H3,(H2,31,32,35,38). The van der Waals surface area contributed by atoms with E-state index >= 15 is 0 Å². The Morgan fingerprint density at radius 2 is 1.66 bits per heavy atom. The average molecular weight is 531 g/mol. The van der Waals surface area contributed by atoms with E-state index in [4.69, 9.17) is 17.0 Å². The molecule has 1 heterocycles. The van der Waals surface area contributed by atoms with Gasteiger partial charge >= 0.3 is 0 Å². The number of amides is 2. The monoisotopic (exact) mass is 530 g/mol. The molecule has 2 N–H and O–H groups in total. The Balaban J connectivity index is 1.27. The second-order valence-corrected chi connectivity index (χ2v) is 10.2. The highest BCUT2D eigenvalue weighted by atomic mass is 32.1. The van der Waals surface area contributed by atoms with Crippen LogP contribution in [0.1, 0.15) is 40.1 Å². The molecule has 7 nitrogen and oxygen atoms in total. The minimum atomic E-state index is -0.299. The Hall–Kier alpha value is -3.91. The number of hydrogen-bond acceptors (Lipinski definition) is 5. The number of benzene rings is 3. The van der Waals surface area contributed by atoms with E-state index in [0.29, 0.717) is 36.9 Å². The van der Waals surface area contributed by atoms with Gasteiger partial charge in [0.2, 0.25) is 0 Å². The third-order valence-corrected chi connectivity index (χ3v) is 6.54. The molecule has 8 heteroatoms. The smallest absolute Gasteiger partial charge is 0.257 e. The predicted molar refractivity (Wildman–Crippen MR) is 156 cm³/mol. The Kier molecular flexibility index (Phi) is 8.97. The van der Waals surface area contributed by atoms with Gasteiger partial charge in [-0.1, -0.05) is 38.1 Å². The molecule has 0 bridgehead atoms. The van der Waals surface area contributed by atoms with Crippen LogP contribution in [0.5, 0.6) is 5.75 Å². The lowest BCUT2D eigenvalue weighted by Gasteiger charge is -2.36. The topological polar surface area (TPSA) is 73.9 Å². The van der Waals surface area contributed by atoms with Gasteiger partial charge in [-0.2, -0.15) is 0 Å². The first-order chi connectivity index (χ1) is 18.3. The first-order valence-corrected chi connectivity index (χ1v) is 13.3. The molecule has 0 atom stereocenters. The molecule has 0 unspecified atom stereocenters. The van der Waals surface area contributed by atoms with Crippen molar-refractivity contribution in [2.45, 2.75) is 20.8 Å². The van der Waals surface area contributed by atoms with Gasteiger partial charge in [0.05, 0.1) is 6.61 Å². The van der Waals surface area contributed by atoms with E-state index in [-0.39, 0.29) is 16.9 Å². The summed E-state index contributed by atoms with van der Waals surface area (Å²) in [6, 6.07) is 22.7. The van der Waals surface area contributed by atoms with E-state index in [1.807, 2.05) is 66.4 Å². The summed E-state index contributed by atoms with van der Waals surface area (Å²) in [5, 5.41) is 6.02. The number of hydrogen-bond donors (Lipinski definition) is 2. The summed E-state index contributed by atoms with van der Waals surface area (Å²) in [6.45, 7) is 9.57. The Morgan fingerprint density at radius 3 is 2.34 bits per heavy atom. The third kappa shape index (κ3) is 7.10. The van der Waals surface area contributed by atoms with Crippen molar-refractivity contribution >= 4 is 40.5 Å². The van der Waals surface area contributed by atoms with Gasteiger partial charge in [0.1, 0.15) is 5.75 Å². The fourth-order valence-corrected chi connectivity index (χ4v) is 4.44.